The number of nitrogens with zero attached hydrogens (tertiary/aromatic N) is 2. The van der Waals surface area contributed by atoms with Gasteiger partial charge in [-0.1, -0.05) is 23.7 Å². The van der Waals surface area contributed by atoms with Crippen LogP contribution < -0.4 is 5.32 Å². The van der Waals surface area contributed by atoms with Crippen LogP contribution in [0.4, 0.5) is 0 Å². The van der Waals surface area contributed by atoms with Crippen LogP contribution in [-0.2, 0) is 20.8 Å². The highest BCUT2D eigenvalue weighted by Crippen LogP contribution is 2.09. The lowest BCUT2D eigenvalue weighted by molar-refractivity contribution is -0.148. The van der Waals surface area contributed by atoms with Crippen molar-refractivity contribution in [1.29, 1.82) is 0 Å². The number of hydrogen-bond acceptors (Lipinski definition) is 3. The normalized spacial score (nSPS) is 14.5. The molecule has 2 rings (SSSR count). The zero-order valence-electron chi connectivity index (χ0n) is 13.0. The summed E-state index contributed by atoms with van der Waals surface area (Å²) in [6.07, 6.45) is 0.633. The van der Waals surface area contributed by atoms with Crippen LogP contribution in [0, 0.1) is 0 Å². The molecule has 1 aliphatic heterocycles. The number of nitrogens with one attached hydrogen (secondary N) is 1. The topological polar surface area (TPSA) is 69.7 Å². The molecule has 3 amide bonds. The molecule has 0 radical (unpaired) electrons. The predicted octanol–water partition coefficient (Wildman–Crippen LogP) is 0.689. The molecule has 1 fully saturated rings. The Morgan fingerprint density at radius 3 is 2.17 bits per heavy atom. The average molecular weight is 338 g/mol. The first-order chi connectivity index (χ1) is 11.0. The Morgan fingerprint density at radius 2 is 1.61 bits per heavy atom. The number of halogens is 1. The van der Waals surface area contributed by atoms with Gasteiger partial charge in [0, 0.05) is 44.7 Å². The summed E-state index contributed by atoms with van der Waals surface area (Å²) in [4.78, 5) is 38.3. The molecule has 1 aromatic rings. The standard InChI is InChI=1S/C16H20ClN3O3/c1-12(21)19-8-10-20(11-9-19)16(23)15(22)18-7-6-13-2-4-14(17)5-3-13/h2-5H,6-11H2,1H3,(H,18,22). The van der Waals surface area contributed by atoms with Crippen molar-refractivity contribution in [2.45, 2.75) is 13.3 Å². The van der Waals surface area contributed by atoms with E-state index in [-0.39, 0.29) is 5.91 Å². The Labute approximate surface area is 140 Å². The van der Waals surface area contributed by atoms with E-state index in [1.54, 1.807) is 17.0 Å². The summed E-state index contributed by atoms with van der Waals surface area (Å²) in [7, 11) is 0. The van der Waals surface area contributed by atoms with Crippen LogP contribution in [0.1, 0.15) is 12.5 Å². The second-order valence-electron chi connectivity index (χ2n) is 5.43. The van der Waals surface area contributed by atoms with E-state index >= 15 is 0 Å². The van der Waals surface area contributed by atoms with Crippen LogP contribution in [0.15, 0.2) is 24.3 Å². The Balaban J connectivity index is 1.74. The van der Waals surface area contributed by atoms with E-state index in [4.69, 9.17) is 11.6 Å². The maximum Gasteiger partial charge on any atom is 0.312 e. The number of hydrogen-bond donors (Lipinski definition) is 1. The second kappa shape index (κ2) is 7.97. The van der Waals surface area contributed by atoms with Crippen LogP contribution in [0.5, 0.6) is 0 Å². The van der Waals surface area contributed by atoms with Gasteiger partial charge >= 0.3 is 11.8 Å². The van der Waals surface area contributed by atoms with Crippen molar-refractivity contribution in [2.24, 2.45) is 0 Å². The van der Waals surface area contributed by atoms with Gasteiger partial charge < -0.3 is 15.1 Å². The Kier molecular flexibility index (Phi) is 5.98. The number of carbonyl (C=O) groups excluding carboxylic acids is 3. The second-order valence-corrected chi connectivity index (χ2v) is 5.87. The summed E-state index contributed by atoms with van der Waals surface area (Å²) in [5.41, 5.74) is 1.04. The zero-order chi connectivity index (χ0) is 16.8. The largest absolute Gasteiger partial charge is 0.347 e. The lowest BCUT2D eigenvalue weighted by Gasteiger charge is -2.33. The molecule has 1 saturated heterocycles. The smallest absolute Gasteiger partial charge is 0.312 e. The third-order valence-electron chi connectivity index (χ3n) is 3.82. The highest BCUT2D eigenvalue weighted by molar-refractivity contribution is 6.35. The molecule has 23 heavy (non-hydrogen) atoms. The maximum absolute atomic E-state index is 12.1. The summed E-state index contributed by atoms with van der Waals surface area (Å²) < 4.78 is 0. The van der Waals surface area contributed by atoms with E-state index in [2.05, 4.69) is 5.32 Å². The summed E-state index contributed by atoms with van der Waals surface area (Å²) in [5, 5.41) is 3.30. The van der Waals surface area contributed by atoms with Crippen molar-refractivity contribution in [3.05, 3.63) is 34.9 Å². The molecule has 0 aromatic heterocycles. The van der Waals surface area contributed by atoms with Gasteiger partial charge in [-0.05, 0) is 24.1 Å². The van der Waals surface area contributed by atoms with E-state index in [0.717, 1.165) is 5.56 Å². The fourth-order valence-corrected chi connectivity index (χ4v) is 2.54. The number of piperazine rings is 1. The van der Waals surface area contributed by atoms with E-state index in [1.165, 1.54) is 11.8 Å². The van der Waals surface area contributed by atoms with Gasteiger partial charge in [-0.25, -0.2) is 0 Å². The molecule has 0 spiro atoms. The monoisotopic (exact) mass is 337 g/mol. The molecule has 1 aliphatic rings. The van der Waals surface area contributed by atoms with Gasteiger partial charge in [0.25, 0.3) is 0 Å². The van der Waals surface area contributed by atoms with Gasteiger partial charge in [0.1, 0.15) is 0 Å². The molecular formula is C16H20ClN3O3. The van der Waals surface area contributed by atoms with E-state index in [1.807, 2.05) is 12.1 Å². The van der Waals surface area contributed by atoms with Gasteiger partial charge in [0.15, 0.2) is 0 Å². The Hall–Kier alpha value is -2.08. The van der Waals surface area contributed by atoms with Crippen LogP contribution >= 0.6 is 11.6 Å². The van der Waals surface area contributed by atoms with Crippen molar-refractivity contribution in [1.82, 2.24) is 15.1 Å². The van der Waals surface area contributed by atoms with Crippen LogP contribution in [-0.4, -0.2) is 60.2 Å². The van der Waals surface area contributed by atoms with Crippen molar-refractivity contribution in [3.8, 4) is 0 Å². The first-order valence-corrected chi connectivity index (χ1v) is 7.92. The van der Waals surface area contributed by atoms with Crippen molar-refractivity contribution in [3.63, 3.8) is 0 Å². The quantitative estimate of drug-likeness (QED) is 0.825. The number of rotatable bonds is 3. The van der Waals surface area contributed by atoms with Crippen LogP contribution in [0.25, 0.3) is 0 Å². The van der Waals surface area contributed by atoms with Crippen LogP contribution in [0.2, 0.25) is 5.02 Å². The van der Waals surface area contributed by atoms with Gasteiger partial charge in [-0.2, -0.15) is 0 Å². The summed E-state index contributed by atoms with van der Waals surface area (Å²) in [6, 6.07) is 7.35. The average Bonchev–Trinajstić information content (AvgIpc) is 2.56. The molecule has 6 nitrogen and oxygen atoms in total. The highest BCUT2D eigenvalue weighted by Gasteiger charge is 2.26. The molecule has 0 saturated carbocycles. The van der Waals surface area contributed by atoms with Crippen molar-refractivity contribution >= 4 is 29.3 Å². The summed E-state index contributed by atoms with van der Waals surface area (Å²) in [6.45, 7) is 3.62. The third-order valence-corrected chi connectivity index (χ3v) is 4.07. The van der Waals surface area contributed by atoms with E-state index in [9.17, 15) is 14.4 Å². The summed E-state index contributed by atoms with van der Waals surface area (Å²) >= 11 is 5.81. The van der Waals surface area contributed by atoms with E-state index in [0.29, 0.717) is 44.2 Å². The maximum atomic E-state index is 12.1. The third kappa shape index (κ3) is 4.96. The summed E-state index contributed by atoms with van der Waals surface area (Å²) in [5.74, 6) is -1.15. The number of amides is 3. The lowest BCUT2D eigenvalue weighted by Crippen LogP contribution is -2.53. The molecule has 0 bridgehead atoms. The number of carbonyl (C=O) groups is 3. The fraction of sp³-hybridized carbons (Fsp3) is 0.438. The molecule has 1 aromatic carbocycles. The highest BCUT2D eigenvalue weighted by atomic mass is 35.5. The Morgan fingerprint density at radius 1 is 1.04 bits per heavy atom. The molecule has 124 valence electrons. The van der Waals surface area contributed by atoms with Crippen molar-refractivity contribution in [2.75, 3.05) is 32.7 Å². The molecular weight excluding hydrogens is 318 g/mol. The lowest BCUT2D eigenvalue weighted by atomic mass is 10.1. The molecule has 0 unspecified atom stereocenters. The van der Waals surface area contributed by atoms with Gasteiger partial charge in [0.2, 0.25) is 5.91 Å². The Bertz CT molecular complexity index is 581. The molecule has 7 heteroatoms. The minimum absolute atomic E-state index is 0.00971. The molecule has 1 heterocycles. The molecule has 0 aliphatic carbocycles. The molecule has 1 N–H and O–H groups in total. The van der Waals surface area contributed by atoms with Gasteiger partial charge in [0.05, 0.1) is 0 Å². The minimum Gasteiger partial charge on any atom is -0.347 e. The van der Waals surface area contributed by atoms with E-state index < -0.39 is 11.8 Å². The zero-order valence-corrected chi connectivity index (χ0v) is 13.8. The fourth-order valence-electron chi connectivity index (χ4n) is 2.42. The number of benzene rings is 1. The van der Waals surface area contributed by atoms with Crippen molar-refractivity contribution < 1.29 is 14.4 Å². The first-order valence-electron chi connectivity index (χ1n) is 7.54. The van der Waals surface area contributed by atoms with Gasteiger partial charge in [-0.15, -0.1) is 0 Å². The van der Waals surface area contributed by atoms with Crippen LogP contribution in [0.3, 0.4) is 0 Å². The van der Waals surface area contributed by atoms with Gasteiger partial charge in [-0.3, -0.25) is 14.4 Å². The molecule has 0 atom stereocenters. The SMILES string of the molecule is CC(=O)N1CCN(C(=O)C(=O)NCCc2ccc(Cl)cc2)CC1. The predicted molar refractivity (Wildman–Crippen MR) is 87.0 cm³/mol. The first kappa shape index (κ1) is 17.3. The minimum atomic E-state index is -0.602.